The topological polar surface area (TPSA) is 58.6 Å². The van der Waals surface area contributed by atoms with E-state index >= 15 is 0 Å². The summed E-state index contributed by atoms with van der Waals surface area (Å²) in [6.07, 6.45) is -0.567. The summed E-state index contributed by atoms with van der Waals surface area (Å²) >= 11 is 13.9. The first kappa shape index (κ1) is 21.8. The van der Waals surface area contributed by atoms with E-state index in [-0.39, 0.29) is 17.9 Å². The summed E-state index contributed by atoms with van der Waals surface area (Å²) in [4.78, 5) is 26.6. The van der Waals surface area contributed by atoms with Gasteiger partial charge in [-0.05, 0) is 45.0 Å². The summed E-state index contributed by atoms with van der Waals surface area (Å²) in [7, 11) is 0. The van der Waals surface area contributed by atoms with Gasteiger partial charge in [-0.15, -0.1) is 11.8 Å². The van der Waals surface area contributed by atoms with Crippen molar-refractivity contribution < 1.29 is 14.3 Å². The van der Waals surface area contributed by atoms with Gasteiger partial charge in [0.05, 0.1) is 11.3 Å². The fraction of sp³-hybridized carbons (Fsp3) is 0.333. The van der Waals surface area contributed by atoms with Crippen LogP contribution in [-0.2, 0) is 9.53 Å². The van der Waals surface area contributed by atoms with Gasteiger partial charge in [0.2, 0.25) is 5.91 Å². The number of hydrogen-bond acceptors (Lipinski definition) is 4. The Kier molecular flexibility index (Phi) is 6.66. The molecule has 0 radical (unpaired) electrons. The van der Waals surface area contributed by atoms with Crippen molar-refractivity contribution >= 4 is 52.7 Å². The molecule has 1 N–H and O–H groups in total. The summed E-state index contributed by atoms with van der Waals surface area (Å²) < 4.78 is 5.43. The fourth-order valence-electron chi connectivity index (χ4n) is 3.11. The van der Waals surface area contributed by atoms with E-state index in [0.717, 1.165) is 11.1 Å². The SMILES string of the molecule is Cc1ccc(NC(=O)OCC(C)(C)N2C(=O)CSC2c2ccc(Cl)cc2Cl)cc1. The first-order valence-electron chi connectivity index (χ1n) is 9.06. The molecular weight excluding hydrogens is 431 g/mol. The average molecular weight is 453 g/mol. The number of nitrogens with zero attached hydrogens (tertiary/aromatic N) is 1. The van der Waals surface area contributed by atoms with Crippen LogP contribution in [0.15, 0.2) is 42.5 Å². The highest BCUT2D eigenvalue weighted by molar-refractivity contribution is 8.00. The smallest absolute Gasteiger partial charge is 0.411 e. The van der Waals surface area contributed by atoms with Crippen molar-refractivity contribution in [2.45, 2.75) is 31.7 Å². The minimum absolute atomic E-state index is 0.0291. The second-order valence-electron chi connectivity index (χ2n) is 7.47. The molecule has 2 aromatic carbocycles. The zero-order valence-corrected chi connectivity index (χ0v) is 18.7. The number of thioether (sulfide) groups is 1. The third-order valence-corrected chi connectivity index (χ3v) is 6.36. The first-order chi connectivity index (χ1) is 13.7. The summed E-state index contributed by atoms with van der Waals surface area (Å²) in [6, 6.07) is 12.7. The lowest BCUT2D eigenvalue weighted by Gasteiger charge is -2.39. The van der Waals surface area contributed by atoms with Crippen molar-refractivity contribution in [3.8, 4) is 0 Å². The third-order valence-electron chi connectivity index (χ3n) is 4.60. The number of ether oxygens (including phenoxy) is 1. The maximum Gasteiger partial charge on any atom is 0.411 e. The largest absolute Gasteiger partial charge is 0.447 e. The van der Waals surface area contributed by atoms with Crippen LogP contribution in [0.1, 0.15) is 30.3 Å². The number of aryl methyl sites for hydroxylation is 1. The van der Waals surface area contributed by atoms with Crippen molar-refractivity contribution in [3.05, 3.63) is 63.6 Å². The summed E-state index contributed by atoms with van der Waals surface area (Å²) in [5.41, 5.74) is 1.84. The molecule has 1 fully saturated rings. The highest BCUT2D eigenvalue weighted by Gasteiger charge is 2.43. The predicted octanol–water partition coefficient (Wildman–Crippen LogP) is 5.90. The monoisotopic (exact) mass is 452 g/mol. The van der Waals surface area contributed by atoms with Gasteiger partial charge in [-0.25, -0.2) is 4.79 Å². The van der Waals surface area contributed by atoms with Gasteiger partial charge < -0.3 is 9.64 Å². The van der Waals surface area contributed by atoms with Gasteiger partial charge in [-0.1, -0.05) is 47.0 Å². The molecular formula is C21H22Cl2N2O3S. The molecule has 29 heavy (non-hydrogen) atoms. The van der Waals surface area contributed by atoms with Crippen LogP contribution in [0.5, 0.6) is 0 Å². The van der Waals surface area contributed by atoms with Crippen molar-refractivity contribution in [2.24, 2.45) is 0 Å². The fourth-order valence-corrected chi connectivity index (χ4v) is 5.07. The van der Waals surface area contributed by atoms with E-state index in [1.807, 2.05) is 39.0 Å². The van der Waals surface area contributed by atoms with Crippen LogP contribution in [0.4, 0.5) is 10.5 Å². The van der Waals surface area contributed by atoms with Crippen molar-refractivity contribution in [3.63, 3.8) is 0 Å². The Labute approximate surface area is 184 Å². The summed E-state index contributed by atoms with van der Waals surface area (Å²) in [5, 5.41) is 3.46. The first-order valence-corrected chi connectivity index (χ1v) is 10.9. The van der Waals surface area contributed by atoms with Gasteiger partial charge in [0.15, 0.2) is 0 Å². The summed E-state index contributed by atoms with van der Waals surface area (Å²) in [6.45, 7) is 5.75. The molecule has 2 aromatic rings. The molecule has 1 unspecified atom stereocenters. The molecule has 1 atom stereocenters. The molecule has 0 saturated carbocycles. The number of benzene rings is 2. The van der Waals surface area contributed by atoms with Crippen LogP contribution in [0, 0.1) is 6.92 Å². The molecule has 1 heterocycles. The quantitative estimate of drug-likeness (QED) is 0.612. The van der Waals surface area contributed by atoms with Crippen LogP contribution in [0.25, 0.3) is 0 Å². The van der Waals surface area contributed by atoms with Crippen LogP contribution < -0.4 is 5.32 Å². The third kappa shape index (κ3) is 5.18. The lowest BCUT2D eigenvalue weighted by Crippen LogP contribution is -2.50. The molecule has 0 bridgehead atoms. The zero-order valence-electron chi connectivity index (χ0n) is 16.4. The minimum Gasteiger partial charge on any atom is -0.447 e. The van der Waals surface area contributed by atoms with E-state index in [1.165, 1.54) is 11.8 Å². The van der Waals surface area contributed by atoms with Crippen LogP contribution in [0.2, 0.25) is 10.0 Å². The molecule has 5 nitrogen and oxygen atoms in total. The van der Waals surface area contributed by atoms with Crippen LogP contribution in [-0.4, -0.2) is 34.8 Å². The average Bonchev–Trinajstić information content (AvgIpc) is 3.04. The van der Waals surface area contributed by atoms with Crippen molar-refractivity contribution in [1.82, 2.24) is 4.90 Å². The van der Waals surface area contributed by atoms with Crippen LogP contribution >= 0.6 is 35.0 Å². The minimum atomic E-state index is -0.723. The van der Waals surface area contributed by atoms with Gasteiger partial charge in [-0.2, -0.15) is 0 Å². The van der Waals surface area contributed by atoms with Gasteiger partial charge >= 0.3 is 6.09 Å². The molecule has 1 aliphatic rings. The molecule has 0 aliphatic carbocycles. The number of carbonyl (C=O) groups excluding carboxylic acids is 2. The molecule has 3 rings (SSSR count). The Morgan fingerprint density at radius 1 is 1.24 bits per heavy atom. The maximum atomic E-state index is 12.6. The lowest BCUT2D eigenvalue weighted by atomic mass is 10.0. The Bertz CT molecular complexity index is 919. The van der Waals surface area contributed by atoms with Crippen molar-refractivity contribution in [1.29, 1.82) is 0 Å². The maximum absolute atomic E-state index is 12.6. The normalized spacial score (nSPS) is 16.8. The second-order valence-corrected chi connectivity index (χ2v) is 9.38. The Morgan fingerprint density at radius 2 is 1.93 bits per heavy atom. The molecule has 1 aliphatic heterocycles. The van der Waals surface area contributed by atoms with Crippen molar-refractivity contribution in [2.75, 3.05) is 17.7 Å². The van der Waals surface area contributed by atoms with E-state index in [0.29, 0.717) is 21.5 Å². The van der Waals surface area contributed by atoms with Gasteiger partial charge in [-0.3, -0.25) is 10.1 Å². The molecule has 0 aromatic heterocycles. The van der Waals surface area contributed by atoms with E-state index in [2.05, 4.69) is 5.32 Å². The van der Waals surface area contributed by atoms with Gasteiger partial charge in [0.1, 0.15) is 12.0 Å². The second kappa shape index (κ2) is 8.86. The Hall–Kier alpha value is -1.89. The van der Waals surface area contributed by atoms with Gasteiger partial charge in [0, 0.05) is 21.3 Å². The molecule has 2 amide bonds. The van der Waals surface area contributed by atoms with E-state index in [9.17, 15) is 9.59 Å². The molecule has 0 spiro atoms. The standard InChI is InChI=1S/C21H22Cl2N2O3S/c1-13-4-7-15(8-5-13)24-20(27)28-12-21(2,3)25-18(26)11-29-19(25)16-9-6-14(22)10-17(16)23/h4-10,19H,11-12H2,1-3H3,(H,24,27). The number of hydrogen-bond donors (Lipinski definition) is 1. The number of amides is 2. The number of halogens is 2. The lowest BCUT2D eigenvalue weighted by molar-refractivity contribution is -0.134. The highest BCUT2D eigenvalue weighted by Crippen LogP contribution is 2.45. The van der Waals surface area contributed by atoms with E-state index in [1.54, 1.807) is 29.2 Å². The molecule has 154 valence electrons. The highest BCUT2D eigenvalue weighted by atomic mass is 35.5. The van der Waals surface area contributed by atoms with Crippen LogP contribution in [0.3, 0.4) is 0 Å². The van der Waals surface area contributed by atoms with E-state index in [4.69, 9.17) is 27.9 Å². The molecule has 8 heteroatoms. The number of carbonyl (C=O) groups is 2. The number of rotatable bonds is 5. The molecule has 1 saturated heterocycles. The number of nitrogens with one attached hydrogen (secondary N) is 1. The zero-order chi connectivity index (χ0) is 21.2. The van der Waals surface area contributed by atoms with E-state index < -0.39 is 11.6 Å². The van der Waals surface area contributed by atoms with Gasteiger partial charge in [0.25, 0.3) is 0 Å². The Balaban J connectivity index is 1.69. The predicted molar refractivity (Wildman–Crippen MR) is 119 cm³/mol. The summed E-state index contributed by atoms with van der Waals surface area (Å²) in [5.74, 6) is 0.307. The Morgan fingerprint density at radius 3 is 2.59 bits per heavy atom. The number of anilines is 1.